The van der Waals surface area contributed by atoms with Crippen molar-refractivity contribution in [3.05, 3.63) is 29.8 Å². The molecule has 0 aliphatic rings. The number of amides is 2. The molecule has 0 bridgehead atoms. The lowest BCUT2D eigenvalue weighted by Gasteiger charge is -2.17. The predicted molar refractivity (Wildman–Crippen MR) is 69.6 cm³/mol. The van der Waals surface area contributed by atoms with Crippen molar-refractivity contribution in [1.82, 2.24) is 10.2 Å². The van der Waals surface area contributed by atoms with Crippen LogP contribution in [0.3, 0.4) is 0 Å². The van der Waals surface area contributed by atoms with Crippen LogP contribution in [0.5, 0.6) is 5.75 Å². The van der Waals surface area contributed by atoms with Crippen LogP contribution in [0.2, 0.25) is 0 Å². The van der Waals surface area contributed by atoms with E-state index in [1.165, 1.54) is 4.90 Å². The summed E-state index contributed by atoms with van der Waals surface area (Å²) in [5, 5.41) is 11.3. The Labute approximate surface area is 107 Å². The van der Waals surface area contributed by atoms with Gasteiger partial charge in [0.05, 0.1) is 6.61 Å². The topological polar surface area (TPSA) is 61.8 Å². The van der Waals surface area contributed by atoms with Crippen molar-refractivity contribution >= 4 is 6.03 Å². The second kappa shape index (κ2) is 7.55. The van der Waals surface area contributed by atoms with Crippen LogP contribution < -0.4 is 10.1 Å². The Morgan fingerprint density at radius 2 is 2.17 bits per heavy atom. The van der Waals surface area contributed by atoms with Gasteiger partial charge < -0.3 is 20.1 Å². The van der Waals surface area contributed by atoms with Gasteiger partial charge in [0.25, 0.3) is 0 Å². The highest BCUT2D eigenvalue weighted by Crippen LogP contribution is 2.17. The molecule has 1 aromatic rings. The molecule has 0 heterocycles. The quantitative estimate of drug-likeness (QED) is 0.748. The summed E-state index contributed by atoms with van der Waals surface area (Å²) in [5.74, 6) is 0.783. The number of aliphatic hydroxyl groups excluding tert-OH is 1. The Kier molecular flexibility index (Phi) is 6.00. The number of para-hydroxylation sites is 1. The molecule has 0 saturated heterocycles. The number of aliphatic hydroxyl groups is 1. The molecule has 2 amide bonds. The second-order valence-corrected chi connectivity index (χ2v) is 3.88. The number of nitrogens with zero attached hydrogens (tertiary/aromatic N) is 1. The highest BCUT2D eigenvalue weighted by molar-refractivity contribution is 5.73. The lowest BCUT2D eigenvalue weighted by Crippen LogP contribution is -2.40. The molecular formula is C13H20N2O3. The molecule has 0 saturated carbocycles. The van der Waals surface area contributed by atoms with E-state index in [4.69, 9.17) is 9.84 Å². The van der Waals surface area contributed by atoms with Gasteiger partial charge in [0.2, 0.25) is 0 Å². The number of likely N-dealkylation sites (N-methyl/N-ethyl adjacent to an activating group) is 1. The molecule has 5 heteroatoms. The lowest BCUT2D eigenvalue weighted by atomic mass is 10.1. The van der Waals surface area contributed by atoms with Crippen molar-refractivity contribution in [3.63, 3.8) is 0 Å². The van der Waals surface area contributed by atoms with E-state index in [0.29, 0.717) is 6.54 Å². The van der Waals surface area contributed by atoms with Gasteiger partial charge in [0.1, 0.15) is 5.75 Å². The van der Waals surface area contributed by atoms with Crippen molar-refractivity contribution in [1.29, 1.82) is 0 Å². The van der Waals surface area contributed by atoms with Crippen molar-refractivity contribution in [2.75, 3.05) is 26.9 Å². The zero-order valence-corrected chi connectivity index (χ0v) is 10.8. The molecule has 1 aromatic carbocycles. The van der Waals surface area contributed by atoms with Gasteiger partial charge in [-0.3, -0.25) is 0 Å². The van der Waals surface area contributed by atoms with E-state index in [2.05, 4.69) is 12.2 Å². The van der Waals surface area contributed by atoms with Gasteiger partial charge in [-0.15, -0.1) is 0 Å². The fourth-order valence-corrected chi connectivity index (χ4v) is 1.50. The molecule has 2 N–H and O–H groups in total. The van der Waals surface area contributed by atoms with Crippen molar-refractivity contribution in [2.24, 2.45) is 0 Å². The van der Waals surface area contributed by atoms with Gasteiger partial charge in [-0.05, 0) is 18.1 Å². The number of urea groups is 1. The van der Waals surface area contributed by atoms with Crippen LogP contribution in [0.15, 0.2) is 24.3 Å². The van der Waals surface area contributed by atoms with Crippen LogP contribution in [0.25, 0.3) is 0 Å². The fourth-order valence-electron chi connectivity index (χ4n) is 1.50. The summed E-state index contributed by atoms with van der Waals surface area (Å²) in [7, 11) is 1.62. The molecule has 0 aromatic heterocycles. The molecule has 0 aliphatic carbocycles. The normalized spacial score (nSPS) is 9.94. The van der Waals surface area contributed by atoms with Crippen LogP contribution in [0, 0.1) is 0 Å². The monoisotopic (exact) mass is 252 g/mol. The second-order valence-electron chi connectivity index (χ2n) is 3.88. The lowest BCUT2D eigenvalue weighted by molar-refractivity contribution is 0.179. The summed E-state index contributed by atoms with van der Waals surface area (Å²) >= 11 is 0. The summed E-state index contributed by atoms with van der Waals surface area (Å²) in [6, 6.07) is 7.46. The number of hydrogen-bond acceptors (Lipinski definition) is 3. The summed E-state index contributed by atoms with van der Waals surface area (Å²) in [4.78, 5) is 12.9. The Morgan fingerprint density at radius 1 is 1.44 bits per heavy atom. The van der Waals surface area contributed by atoms with E-state index < -0.39 is 0 Å². The number of carbonyl (C=O) groups is 1. The average molecular weight is 252 g/mol. The third-order valence-electron chi connectivity index (χ3n) is 2.59. The Balaban J connectivity index is 2.39. The standard InChI is InChI=1S/C13H20N2O3/c1-3-11-6-4-5-7-12(11)18-10-14-13(17)15(2)8-9-16/h4-7,16H,3,8-10H2,1-2H3,(H,14,17). The van der Waals surface area contributed by atoms with Gasteiger partial charge in [-0.1, -0.05) is 25.1 Å². The average Bonchev–Trinajstić information content (AvgIpc) is 2.39. The summed E-state index contributed by atoms with van der Waals surface area (Å²) < 4.78 is 5.51. The molecule has 5 nitrogen and oxygen atoms in total. The summed E-state index contributed by atoms with van der Waals surface area (Å²) in [6.07, 6.45) is 0.883. The third-order valence-corrected chi connectivity index (χ3v) is 2.59. The van der Waals surface area contributed by atoms with Crippen LogP contribution in [-0.2, 0) is 6.42 Å². The van der Waals surface area contributed by atoms with Gasteiger partial charge in [-0.25, -0.2) is 4.79 Å². The molecule has 0 aliphatic heterocycles. The Morgan fingerprint density at radius 3 is 2.83 bits per heavy atom. The zero-order valence-electron chi connectivity index (χ0n) is 10.8. The summed E-state index contributed by atoms with van der Waals surface area (Å²) in [5.41, 5.74) is 1.11. The molecule has 100 valence electrons. The molecule has 18 heavy (non-hydrogen) atoms. The number of aryl methyl sites for hydroxylation is 1. The first-order chi connectivity index (χ1) is 8.69. The minimum absolute atomic E-state index is 0.0521. The maximum atomic E-state index is 11.5. The largest absolute Gasteiger partial charge is 0.473 e. The fraction of sp³-hybridized carbons (Fsp3) is 0.462. The third kappa shape index (κ3) is 4.25. The van der Waals surface area contributed by atoms with E-state index in [0.717, 1.165) is 17.7 Å². The molecule has 1 rings (SSSR count). The van der Waals surface area contributed by atoms with Gasteiger partial charge in [0, 0.05) is 13.6 Å². The number of rotatable bonds is 6. The first-order valence-corrected chi connectivity index (χ1v) is 5.99. The summed E-state index contributed by atoms with van der Waals surface area (Å²) in [6.45, 7) is 2.42. The Hall–Kier alpha value is -1.75. The molecular weight excluding hydrogens is 232 g/mol. The maximum Gasteiger partial charge on any atom is 0.319 e. The van der Waals surface area contributed by atoms with Crippen molar-refractivity contribution in [3.8, 4) is 5.75 Å². The first kappa shape index (κ1) is 14.3. The molecule has 0 spiro atoms. The van der Waals surface area contributed by atoms with E-state index in [1.54, 1.807) is 7.05 Å². The molecule has 0 atom stereocenters. The van der Waals surface area contributed by atoms with Crippen molar-refractivity contribution < 1.29 is 14.6 Å². The molecule has 0 fully saturated rings. The highest BCUT2D eigenvalue weighted by Gasteiger charge is 2.07. The minimum Gasteiger partial charge on any atom is -0.473 e. The molecule has 0 unspecified atom stereocenters. The van der Waals surface area contributed by atoms with Crippen LogP contribution in [0.1, 0.15) is 12.5 Å². The first-order valence-electron chi connectivity index (χ1n) is 5.99. The smallest absolute Gasteiger partial charge is 0.319 e. The minimum atomic E-state index is -0.266. The number of nitrogens with one attached hydrogen (secondary N) is 1. The van der Waals surface area contributed by atoms with E-state index in [1.807, 2.05) is 24.3 Å². The highest BCUT2D eigenvalue weighted by atomic mass is 16.5. The van der Waals surface area contributed by atoms with E-state index in [-0.39, 0.29) is 19.4 Å². The number of carbonyl (C=O) groups excluding carboxylic acids is 1. The number of ether oxygens (including phenoxy) is 1. The maximum absolute atomic E-state index is 11.5. The predicted octanol–water partition coefficient (Wildman–Crippen LogP) is 1.22. The van der Waals surface area contributed by atoms with Gasteiger partial charge in [-0.2, -0.15) is 0 Å². The van der Waals surface area contributed by atoms with Crippen LogP contribution in [0.4, 0.5) is 4.79 Å². The van der Waals surface area contributed by atoms with E-state index in [9.17, 15) is 4.79 Å². The SMILES string of the molecule is CCc1ccccc1OCNC(=O)N(C)CCO. The molecule has 0 radical (unpaired) electrons. The van der Waals surface area contributed by atoms with E-state index >= 15 is 0 Å². The van der Waals surface area contributed by atoms with Crippen LogP contribution >= 0.6 is 0 Å². The van der Waals surface area contributed by atoms with Crippen LogP contribution in [-0.4, -0.2) is 43.0 Å². The van der Waals surface area contributed by atoms with Gasteiger partial charge in [0.15, 0.2) is 6.73 Å². The van der Waals surface area contributed by atoms with Gasteiger partial charge >= 0.3 is 6.03 Å². The zero-order chi connectivity index (χ0) is 13.4. The number of hydrogen-bond donors (Lipinski definition) is 2. The Bertz CT molecular complexity index is 382. The van der Waals surface area contributed by atoms with Crippen molar-refractivity contribution in [2.45, 2.75) is 13.3 Å². The number of benzene rings is 1.